The molecule has 1 rings (SSSR count). The first kappa shape index (κ1) is 15.8. The highest BCUT2D eigenvalue weighted by atomic mass is 35.5. The van der Waals surface area contributed by atoms with E-state index < -0.39 is 0 Å². The van der Waals surface area contributed by atoms with E-state index in [9.17, 15) is 4.79 Å². The highest BCUT2D eigenvalue weighted by Crippen LogP contribution is 2.14. The first-order valence-electron chi connectivity index (χ1n) is 7.72. The Hall–Kier alpha value is -0.240. The standard InChI is InChI=1S/C15H28ClNO/c16-14-12-10-8-6-4-2-1-3-5-7-9-11-13-17-15(14)18/h14H,1-13H2,(H,17,18). The summed E-state index contributed by atoms with van der Waals surface area (Å²) < 4.78 is 0. The molecule has 1 amide bonds. The molecule has 1 aliphatic rings. The van der Waals surface area contributed by atoms with Crippen molar-refractivity contribution in [1.82, 2.24) is 5.32 Å². The van der Waals surface area contributed by atoms with Crippen LogP contribution in [0.15, 0.2) is 0 Å². The minimum Gasteiger partial charge on any atom is -0.355 e. The molecule has 0 bridgehead atoms. The SMILES string of the molecule is O=C1NCCCCCCCCCCCCCC1Cl. The van der Waals surface area contributed by atoms with Gasteiger partial charge in [-0.2, -0.15) is 0 Å². The van der Waals surface area contributed by atoms with Gasteiger partial charge >= 0.3 is 0 Å². The maximum Gasteiger partial charge on any atom is 0.238 e. The van der Waals surface area contributed by atoms with Crippen molar-refractivity contribution < 1.29 is 4.79 Å². The van der Waals surface area contributed by atoms with Gasteiger partial charge in [0, 0.05) is 6.54 Å². The van der Waals surface area contributed by atoms with E-state index in [0.717, 1.165) is 25.8 Å². The van der Waals surface area contributed by atoms with E-state index in [4.69, 9.17) is 11.6 Å². The van der Waals surface area contributed by atoms with Gasteiger partial charge in [-0.1, -0.05) is 64.2 Å². The molecule has 18 heavy (non-hydrogen) atoms. The van der Waals surface area contributed by atoms with E-state index in [1.54, 1.807) is 0 Å². The van der Waals surface area contributed by atoms with Gasteiger partial charge in [-0.25, -0.2) is 0 Å². The van der Waals surface area contributed by atoms with Crippen LogP contribution < -0.4 is 5.32 Å². The van der Waals surface area contributed by atoms with Crippen LogP contribution in [0.2, 0.25) is 0 Å². The smallest absolute Gasteiger partial charge is 0.238 e. The number of rotatable bonds is 0. The van der Waals surface area contributed by atoms with Gasteiger partial charge in [0.2, 0.25) is 5.91 Å². The molecule has 2 nitrogen and oxygen atoms in total. The van der Waals surface area contributed by atoms with E-state index in [1.165, 1.54) is 57.8 Å². The molecule has 0 radical (unpaired) electrons. The molecule has 1 saturated heterocycles. The third-order valence-corrected chi connectivity index (χ3v) is 4.13. The second-order valence-electron chi connectivity index (χ2n) is 5.44. The number of hydrogen-bond acceptors (Lipinski definition) is 1. The van der Waals surface area contributed by atoms with Crippen LogP contribution in [0.25, 0.3) is 0 Å². The summed E-state index contributed by atoms with van der Waals surface area (Å²) in [5.74, 6) is 0.0313. The molecule has 1 unspecified atom stereocenters. The van der Waals surface area contributed by atoms with Gasteiger partial charge in [0.25, 0.3) is 0 Å². The van der Waals surface area contributed by atoms with Gasteiger partial charge in [0.1, 0.15) is 5.38 Å². The number of hydrogen-bond donors (Lipinski definition) is 1. The Morgan fingerprint density at radius 2 is 1.22 bits per heavy atom. The lowest BCUT2D eigenvalue weighted by Gasteiger charge is -2.11. The van der Waals surface area contributed by atoms with E-state index in [2.05, 4.69) is 5.32 Å². The molecule has 1 atom stereocenters. The van der Waals surface area contributed by atoms with Gasteiger partial charge in [0.15, 0.2) is 0 Å². The number of nitrogens with one attached hydrogen (secondary N) is 1. The van der Waals surface area contributed by atoms with Crippen molar-refractivity contribution in [2.24, 2.45) is 0 Å². The van der Waals surface area contributed by atoms with Crippen LogP contribution >= 0.6 is 11.6 Å². The van der Waals surface area contributed by atoms with Crippen LogP contribution in [0.1, 0.15) is 77.0 Å². The minimum atomic E-state index is -0.321. The van der Waals surface area contributed by atoms with Crippen molar-refractivity contribution in [3.8, 4) is 0 Å². The molecule has 1 aliphatic heterocycles. The second kappa shape index (κ2) is 10.7. The number of carbonyl (C=O) groups excluding carboxylic acids is 1. The molecular formula is C15H28ClNO. The van der Waals surface area contributed by atoms with Crippen molar-refractivity contribution in [3.05, 3.63) is 0 Å². The molecule has 0 spiro atoms. The molecule has 3 heteroatoms. The largest absolute Gasteiger partial charge is 0.355 e. The fraction of sp³-hybridized carbons (Fsp3) is 0.933. The Kier molecular flexibility index (Phi) is 9.37. The summed E-state index contributed by atoms with van der Waals surface area (Å²) in [6.07, 6.45) is 14.9. The van der Waals surface area contributed by atoms with Gasteiger partial charge in [-0.15, -0.1) is 11.6 Å². The Morgan fingerprint density at radius 1 is 0.778 bits per heavy atom. The molecule has 1 fully saturated rings. The molecule has 106 valence electrons. The third-order valence-electron chi connectivity index (χ3n) is 3.72. The quantitative estimate of drug-likeness (QED) is 0.651. The molecule has 1 N–H and O–H groups in total. The lowest BCUT2D eigenvalue weighted by atomic mass is 10.0. The predicted molar refractivity (Wildman–Crippen MR) is 78.1 cm³/mol. The van der Waals surface area contributed by atoms with E-state index >= 15 is 0 Å². The zero-order chi connectivity index (χ0) is 13.1. The van der Waals surface area contributed by atoms with Crippen LogP contribution in [-0.2, 0) is 4.79 Å². The van der Waals surface area contributed by atoms with Crippen molar-refractivity contribution in [2.45, 2.75) is 82.4 Å². The van der Waals surface area contributed by atoms with Crippen molar-refractivity contribution >= 4 is 17.5 Å². The van der Waals surface area contributed by atoms with Crippen LogP contribution in [0.4, 0.5) is 0 Å². The maximum absolute atomic E-state index is 11.7. The molecule has 1 heterocycles. The fourth-order valence-electron chi connectivity index (χ4n) is 2.49. The van der Waals surface area contributed by atoms with Crippen LogP contribution in [0.3, 0.4) is 0 Å². The molecule has 0 aromatic carbocycles. The first-order chi connectivity index (χ1) is 8.80. The van der Waals surface area contributed by atoms with Crippen molar-refractivity contribution in [3.63, 3.8) is 0 Å². The Labute approximate surface area is 117 Å². The maximum atomic E-state index is 11.7. The second-order valence-corrected chi connectivity index (χ2v) is 5.96. The van der Waals surface area contributed by atoms with Gasteiger partial charge in [-0.05, 0) is 12.8 Å². The summed E-state index contributed by atoms with van der Waals surface area (Å²) in [5, 5.41) is 2.62. The Morgan fingerprint density at radius 3 is 1.78 bits per heavy atom. The Balaban J connectivity index is 2.22. The van der Waals surface area contributed by atoms with Crippen molar-refractivity contribution in [1.29, 1.82) is 0 Å². The Bertz CT molecular complexity index is 221. The van der Waals surface area contributed by atoms with Crippen molar-refractivity contribution in [2.75, 3.05) is 6.54 Å². The van der Waals surface area contributed by atoms with Gasteiger partial charge in [-0.3, -0.25) is 4.79 Å². The first-order valence-corrected chi connectivity index (χ1v) is 8.16. The summed E-state index contributed by atoms with van der Waals surface area (Å²) in [6, 6.07) is 0. The average Bonchev–Trinajstić information content (AvgIpc) is 2.37. The molecule has 0 saturated carbocycles. The van der Waals surface area contributed by atoms with E-state index in [-0.39, 0.29) is 11.3 Å². The zero-order valence-electron chi connectivity index (χ0n) is 11.6. The minimum absolute atomic E-state index is 0.0313. The lowest BCUT2D eigenvalue weighted by molar-refractivity contribution is -0.120. The van der Waals surface area contributed by atoms with Crippen LogP contribution in [0, 0.1) is 0 Å². The number of carbonyl (C=O) groups is 1. The highest BCUT2D eigenvalue weighted by Gasteiger charge is 2.13. The van der Waals surface area contributed by atoms with Crippen LogP contribution in [-0.4, -0.2) is 17.8 Å². The summed E-state index contributed by atoms with van der Waals surface area (Å²) in [7, 11) is 0. The van der Waals surface area contributed by atoms with Crippen LogP contribution in [0.5, 0.6) is 0 Å². The number of halogens is 1. The number of amides is 1. The highest BCUT2D eigenvalue weighted by molar-refractivity contribution is 6.30. The third kappa shape index (κ3) is 7.97. The topological polar surface area (TPSA) is 29.1 Å². The monoisotopic (exact) mass is 273 g/mol. The summed E-state index contributed by atoms with van der Waals surface area (Å²) in [4.78, 5) is 11.7. The molecule has 0 aliphatic carbocycles. The molecule has 0 aromatic rings. The zero-order valence-corrected chi connectivity index (χ0v) is 12.3. The normalized spacial score (nSPS) is 26.5. The fourth-order valence-corrected chi connectivity index (χ4v) is 2.72. The summed E-state index contributed by atoms with van der Waals surface area (Å²) in [5.41, 5.74) is 0. The average molecular weight is 274 g/mol. The van der Waals surface area contributed by atoms with Gasteiger partial charge < -0.3 is 5.32 Å². The molecular weight excluding hydrogens is 246 g/mol. The summed E-state index contributed by atoms with van der Waals surface area (Å²) in [6.45, 7) is 0.794. The molecule has 0 aromatic heterocycles. The predicted octanol–water partition coefficient (Wildman–Crippen LogP) is 4.40. The lowest BCUT2D eigenvalue weighted by Crippen LogP contribution is -2.32. The summed E-state index contributed by atoms with van der Waals surface area (Å²) >= 11 is 6.08. The number of alkyl halides is 1. The van der Waals surface area contributed by atoms with E-state index in [0.29, 0.717) is 0 Å². The van der Waals surface area contributed by atoms with E-state index in [1.807, 2.05) is 0 Å². The van der Waals surface area contributed by atoms with Gasteiger partial charge in [0.05, 0.1) is 0 Å².